The van der Waals surface area contributed by atoms with Crippen LogP contribution in [0.5, 0.6) is 0 Å². The van der Waals surface area contributed by atoms with E-state index in [0.29, 0.717) is 24.8 Å². The van der Waals surface area contributed by atoms with Gasteiger partial charge in [-0.25, -0.2) is 4.79 Å². The zero-order chi connectivity index (χ0) is 16.2. The second kappa shape index (κ2) is 4.58. The molecule has 4 fully saturated rings. The monoisotopic (exact) mass is 303 g/mol. The number of carbonyl (C=O) groups excluding carboxylic acids is 2. The van der Waals surface area contributed by atoms with Crippen LogP contribution in [0.1, 0.15) is 45.4 Å². The number of methoxy groups -OCH3 is 1. The zero-order valence-electron chi connectivity index (χ0n) is 13.1. The predicted octanol–water partition coefficient (Wildman–Crippen LogP) is 2.51. The number of ether oxygens (including phenoxy) is 2. The summed E-state index contributed by atoms with van der Waals surface area (Å²) in [5, 5.41) is 9.70. The molecule has 4 rings (SSSR count). The zero-order valence-corrected chi connectivity index (χ0v) is 13.1. The average molecular weight is 303 g/mol. The smallest absolute Gasteiger partial charge is 0.333 e. The van der Waals surface area contributed by atoms with Crippen LogP contribution in [0.2, 0.25) is 0 Å². The van der Waals surface area contributed by atoms with E-state index in [2.05, 4.69) is 12.6 Å². The molecule has 5 nitrogen and oxygen atoms in total. The van der Waals surface area contributed by atoms with Crippen molar-refractivity contribution in [1.82, 2.24) is 0 Å². The maximum absolute atomic E-state index is 12.4. The minimum absolute atomic E-state index is 0.230. The number of hydrogen-bond acceptors (Lipinski definition) is 5. The van der Waals surface area contributed by atoms with Gasteiger partial charge in [-0.15, -0.1) is 0 Å². The minimum atomic E-state index is -0.723. The van der Waals surface area contributed by atoms with Crippen molar-refractivity contribution < 1.29 is 19.1 Å². The molecule has 0 aromatic rings. The van der Waals surface area contributed by atoms with Crippen LogP contribution < -0.4 is 0 Å². The molecule has 4 unspecified atom stereocenters. The van der Waals surface area contributed by atoms with Crippen LogP contribution in [0.25, 0.3) is 0 Å². The number of hydrogen-bond donors (Lipinski definition) is 0. The van der Waals surface area contributed by atoms with E-state index in [1.807, 2.05) is 0 Å². The van der Waals surface area contributed by atoms with Crippen molar-refractivity contribution in [1.29, 1.82) is 5.26 Å². The molecule has 118 valence electrons. The lowest BCUT2D eigenvalue weighted by Gasteiger charge is -2.62. The Morgan fingerprint density at radius 1 is 1.23 bits per heavy atom. The first-order chi connectivity index (χ1) is 10.3. The molecular weight excluding hydrogens is 282 g/mol. The van der Waals surface area contributed by atoms with Crippen LogP contribution in [-0.4, -0.2) is 24.6 Å². The van der Waals surface area contributed by atoms with Crippen molar-refractivity contribution >= 4 is 11.9 Å². The Morgan fingerprint density at radius 3 is 2.55 bits per heavy atom. The minimum Gasteiger partial charge on any atom is -0.469 e. The van der Waals surface area contributed by atoms with E-state index in [9.17, 15) is 14.9 Å². The SMILES string of the molecule is C=C(C)C(=O)OC12CC3CC(C#N)(C1)CC(C(=O)OC)(C3)C2. The van der Waals surface area contributed by atoms with E-state index in [1.165, 1.54) is 7.11 Å². The molecule has 4 aliphatic rings. The van der Waals surface area contributed by atoms with Crippen LogP contribution in [0.4, 0.5) is 0 Å². The standard InChI is InChI=1S/C17H21NO4/c1-11(2)13(19)22-17-6-12-4-15(8-17,10-18)7-16(5-12,9-17)14(20)21-3/h12H,1,4-9H2,2-3H3. The highest BCUT2D eigenvalue weighted by Gasteiger charge is 2.68. The van der Waals surface area contributed by atoms with Crippen molar-refractivity contribution in [3.63, 3.8) is 0 Å². The third-order valence-corrected chi connectivity index (χ3v) is 5.53. The molecule has 0 aliphatic heterocycles. The first-order valence-corrected chi connectivity index (χ1v) is 7.66. The molecule has 0 N–H and O–H groups in total. The lowest BCUT2D eigenvalue weighted by Crippen LogP contribution is -2.63. The van der Waals surface area contributed by atoms with E-state index in [0.717, 1.165) is 19.3 Å². The van der Waals surface area contributed by atoms with Crippen LogP contribution in [0.15, 0.2) is 12.2 Å². The van der Waals surface area contributed by atoms with E-state index in [4.69, 9.17) is 9.47 Å². The van der Waals surface area contributed by atoms with Gasteiger partial charge in [-0.05, 0) is 38.5 Å². The van der Waals surface area contributed by atoms with Gasteiger partial charge in [0.05, 0.1) is 24.0 Å². The van der Waals surface area contributed by atoms with Gasteiger partial charge in [-0.1, -0.05) is 6.58 Å². The number of rotatable bonds is 3. The third-order valence-electron chi connectivity index (χ3n) is 5.53. The van der Waals surface area contributed by atoms with Crippen molar-refractivity contribution in [2.24, 2.45) is 16.7 Å². The Morgan fingerprint density at radius 2 is 1.95 bits per heavy atom. The molecule has 4 aliphatic carbocycles. The Hall–Kier alpha value is -1.83. The second-order valence-corrected chi connectivity index (χ2v) is 7.53. The van der Waals surface area contributed by atoms with Gasteiger partial charge in [0, 0.05) is 18.4 Å². The molecule has 22 heavy (non-hydrogen) atoms. The quantitative estimate of drug-likeness (QED) is 0.591. The molecule has 0 aromatic heterocycles. The van der Waals surface area contributed by atoms with Crippen LogP contribution in [-0.2, 0) is 19.1 Å². The molecule has 0 radical (unpaired) electrons. The van der Waals surface area contributed by atoms with Gasteiger partial charge in [0.1, 0.15) is 5.60 Å². The Labute approximate surface area is 130 Å². The fraction of sp³-hybridized carbons (Fsp3) is 0.706. The fourth-order valence-electron chi connectivity index (χ4n) is 5.32. The third kappa shape index (κ3) is 2.05. The summed E-state index contributed by atoms with van der Waals surface area (Å²) in [6, 6.07) is 2.42. The first-order valence-electron chi connectivity index (χ1n) is 7.66. The highest BCUT2D eigenvalue weighted by molar-refractivity contribution is 5.87. The summed E-state index contributed by atoms with van der Waals surface area (Å²) in [7, 11) is 1.38. The average Bonchev–Trinajstić information content (AvgIpc) is 2.44. The normalized spacial score (nSPS) is 41.6. The second-order valence-electron chi connectivity index (χ2n) is 7.53. The summed E-state index contributed by atoms with van der Waals surface area (Å²) in [5.41, 5.74) is -1.64. The molecule has 0 spiro atoms. The van der Waals surface area contributed by atoms with E-state index in [-0.39, 0.29) is 11.9 Å². The molecule has 4 atom stereocenters. The van der Waals surface area contributed by atoms with E-state index in [1.54, 1.807) is 6.92 Å². The number of esters is 2. The van der Waals surface area contributed by atoms with Crippen LogP contribution in [0, 0.1) is 28.1 Å². The maximum atomic E-state index is 12.4. The molecule has 0 aromatic carbocycles. The number of nitriles is 1. The van der Waals surface area contributed by atoms with Crippen molar-refractivity contribution in [3.05, 3.63) is 12.2 Å². The van der Waals surface area contributed by atoms with Gasteiger partial charge >= 0.3 is 11.9 Å². The van der Waals surface area contributed by atoms with Crippen molar-refractivity contribution in [2.45, 2.75) is 51.0 Å². The molecule has 0 saturated heterocycles. The fourth-order valence-corrected chi connectivity index (χ4v) is 5.32. The number of nitrogens with zero attached hydrogens (tertiary/aromatic N) is 1. The highest BCUT2D eigenvalue weighted by Crippen LogP contribution is 2.67. The summed E-state index contributed by atoms with van der Waals surface area (Å²) in [5.74, 6) is -0.477. The maximum Gasteiger partial charge on any atom is 0.333 e. The van der Waals surface area contributed by atoms with Gasteiger partial charge in [-0.2, -0.15) is 5.26 Å². The molecule has 4 bridgehead atoms. The summed E-state index contributed by atoms with van der Waals surface area (Å²) in [4.78, 5) is 24.4. The van der Waals surface area contributed by atoms with Gasteiger partial charge in [0.2, 0.25) is 0 Å². The lowest BCUT2D eigenvalue weighted by molar-refractivity contribution is -0.218. The van der Waals surface area contributed by atoms with Crippen LogP contribution in [0.3, 0.4) is 0 Å². The Bertz CT molecular complexity index is 606. The summed E-state index contributed by atoms with van der Waals surface area (Å²) >= 11 is 0. The van der Waals surface area contributed by atoms with Gasteiger partial charge in [-0.3, -0.25) is 4.79 Å². The van der Waals surface area contributed by atoms with Gasteiger partial charge < -0.3 is 9.47 Å². The van der Waals surface area contributed by atoms with Crippen LogP contribution >= 0.6 is 0 Å². The first kappa shape index (κ1) is 15.1. The van der Waals surface area contributed by atoms with E-state index < -0.39 is 22.4 Å². The van der Waals surface area contributed by atoms with Gasteiger partial charge in [0.15, 0.2) is 0 Å². The largest absolute Gasteiger partial charge is 0.469 e. The summed E-state index contributed by atoms with van der Waals surface area (Å²) < 4.78 is 10.8. The van der Waals surface area contributed by atoms with Gasteiger partial charge in [0.25, 0.3) is 0 Å². The summed E-state index contributed by atoms with van der Waals surface area (Å²) in [6.07, 6.45) is 3.75. The predicted molar refractivity (Wildman–Crippen MR) is 77.3 cm³/mol. The molecular formula is C17H21NO4. The highest BCUT2D eigenvalue weighted by atomic mass is 16.6. The Kier molecular flexibility index (Phi) is 3.14. The lowest BCUT2D eigenvalue weighted by atomic mass is 9.43. The summed E-state index contributed by atoms with van der Waals surface area (Å²) in [6.45, 7) is 5.24. The Balaban J connectivity index is 2.00. The van der Waals surface area contributed by atoms with Crippen molar-refractivity contribution in [2.75, 3.05) is 7.11 Å². The topological polar surface area (TPSA) is 76.4 Å². The molecule has 0 amide bonds. The molecule has 5 heteroatoms. The molecule has 0 heterocycles. The number of carbonyl (C=O) groups is 2. The van der Waals surface area contributed by atoms with E-state index >= 15 is 0 Å². The van der Waals surface area contributed by atoms with Crippen molar-refractivity contribution in [3.8, 4) is 6.07 Å². The molecule has 4 saturated carbocycles.